The molecule has 1 fully saturated rings. The van der Waals surface area contributed by atoms with Gasteiger partial charge in [-0.25, -0.2) is 14.4 Å². The molecule has 0 bridgehead atoms. The first-order valence-corrected chi connectivity index (χ1v) is 13.2. The van der Waals surface area contributed by atoms with Crippen LogP contribution in [-0.4, -0.2) is 65.3 Å². The van der Waals surface area contributed by atoms with Gasteiger partial charge in [0.25, 0.3) is 0 Å². The lowest BCUT2D eigenvalue weighted by Crippen LogP contribution is -2.35. The fourth-order valence-corrected chi connectivity index (χ4v) is 5.15. The number of halogens is 2. The number of alkyl halides is 1. The van der Waals surface area contributed by atoms with Gasteiger partial charge in [0, 0.05) is 48.1 Å². The second-order valence-electron chi connectivity index (χ2n) is 8.46. The molecule has 10 nitrogen and oxygen atoms in total. The van der Waals surface area contributed by atoms with Gasteiger partial charge < -0.3 is 15.0 Å². The first-order chi connectivity index (χ1) is 17.1. The number of aryl methyl sites for hydroxylation is 1. The summed E-state index contributed by atoms with van der Waals surface area (Å²) in [7, 11) is -2.98. The highest BCUT2D eigenvalue weighted by atomic mass is 79.9. The molecule has 192 valence electrons. The van der Waals surface area contributed by atoms with Gasteiger partial charge in [0.15, 0.2) is 5.78 Å². The van der Waals surface area contributed by atoms with Crippen molar-refractivity contribution >= 4 is 37.8 Å². The number of hydrogen-bond donors (Lipinski definition) is 3. The van der Waals surface area contributed by atoms with E-state index in [-0.39, 0.29) is 23.6 Å². The SMILES string of the molecule is CNS(=O)(=O)O[C@@H]1C[C@@H](Nc2ncncc2C(=O)c2cc(C)n(Cc3cccc(Br)c3)c2)[C@@H](F)[C@@H]1O. The van der Waals surface area contributed by atoms with Crippen LogP contribution in [0.25, 0.3) is 0 Å². The third-order valence-electron chi connectivity index (χ3n) is 5.97. The summed E-state index contributed by atoms with van der Waals surface area (Å²) in [6, 6.07) is 8.56. The van der Waals surface area contributed by atoms with Crippen LogP contribution in [0.5, 0.6) is 0 Å². The molecule has 0 radical (unpaired) electrons. The highest BCUT2D eigenvalue weighted by Crippen LogP contribution is 2.30. The number of nitrogens with one attached hydrogen (secondary N) is 2. The van der Waals surface area contributed by atoms with Crippen molar-refractivity contribution in [3.05, 3.63) is 75.9 Å². The van der Waals surface area contributed by atoms with E-state index in [0.29, 0.717) is 12.1 Å². The number of aliphatic hydroxyl groups excluding tert-OH is 1. The number of benzene rings is 1. The summed E-state index contributed by atoms with van der Waals surface area (Å²) in [6.45, 7) is 2.46. The molecular weight excluding hydrogens is 557 g/mol. The lowest BCUT2D eigenvalue weighted by atomic mass is 10.1. The van der Waals surface area contributed by atoms with E-state index in [9.17, 15) is 22.7 Å². The molecule has 3 aromatic rings. The number of carbonyl (C=O) groups excluding carboxylic acids is 1. The Hall–Kier alpha value is -2.71. The average molecular weight is 582 g/mol. The topological polar surface area (TPSA) is 135 Å². The molecule has 2 aromatic heterocycles. The molecule has 1 aliphatic carbocycles. The van der Waals surface area contributed by atoms with Crippen LogP contribution in [0.2, 0.25) is 0 Å². The molecule has 0 saturated heterocycles. The lowest BCUT2D eigenvalue weighted by Gasteiger charge is -2.17. The maximum Gasteiger partial charge on any atom is 0.335 e. The lowest BCUT2D eigenvalue weighted by molar-refractivity contribution is 0.0248. The molecule has 0 aliphatic heterocycles. The number of hydrogen-bond acceptors (Lipinski definition) is 8. The summed E-state index contributed by atoms with van der Waals surface area (Å²) < 4.78 is 47.9. The minimum Gasteiger partial charge on any atom is -0.387 e. The molecule has 0 amide bonds. The summed E-state index contributed by atoms with van der Waals surface area (Å²) in [5.41, 5.74) is 2.45. The quantitative estimate of drug-likeness (QED) is 0.328. The van der Waals surface area contributed by atoms with Crippen molar-refractivity contribution in [2.75, 3.05) is 12.4 Å². The predicted molar refractivity (Wildman–Crippen MR) is 134 cm³/mol. The Balaban J connectivity index is 1.53. The second-order valence-corrected chi connectivity index (χ2v) is 10.9. The number of ketones is 1. The maximum atomic E-state index is 14.8. The number of aromatic nitrogens is 3. The van der Waals surface area contributed by atoms with Crippen molar-refractivity contribution in [2.24, 2.45) is 0 Å². The van der Waals surface area contributed by atoms with Gasteiger partial charge in [-0.3, -0.25) is 8.98 Å². The highest BCUT2D eigenvalue weighted by Gasteiger charge is 2.46. The smallest absolute Gasteiger partial charge is 0.335 e. The van der Waals surface area contributed by atoms with Crippen LogP contribution in [0.3, 0.4) is 0 Å². The summed E-state index contributed by atoms with van der Waals surface area (Å²) in [6.07, 6.45) is -0.722. The van der Waals surface area contributed by atoms with Gasteiger partial charge >= 0.3 is 10.3 Å². The Kier molecular flexibility index (Phi) is 7.85. The first-order valence-electron chi connectivity index (χ1n) is 11.0. The number of aliphatic hydroxyl groups is 1. The molecular formula is C23H25BrFN5O5S. The zero-order chi connectivity index (χ0) is 26.0. The van der Waals surface area contributed by atoms with E-state index in [0.717, 1.165) is 22.8 Å². The van der Waals surface area contributed by atoms with Crippen LogP contribution in [0.1, 0.15) is 33.6 Å². The van der Waals surface area contributed by atoms with Crippen LogP contribution in [0.4, 0.5) is 10.2 Å². The number of nitrogens with zero attached hydrogens (tertiary/aromatic N) is 3. The van der Waals surface area contributed by atoms with Gasteiger partial charge in [-0.15, -0.1) is 0 Å². The van der Waals surface area contributed by atoms with E-state index >= 15 is 0 Å². The molecule has 1 aromatic carbocycles. The molecule has 0 spiro atoms. The molecule has 4 rings (SSSR count). The molecule has 4 atom stereocenters. The summed E-state index contributed by atoms with van der Waals surface area (Å²) in [5, 5.41) is 13.0. The van der Waals surface area contributed by atoms with E-state index in [1.807, 2.05) is 40.5 Å². The Morgan fingerprint density at radius 1 is 1.36 bits per heavy atom. The fourth-order valence-electron chi connectivity index (χ4n) is 4.09. The van der Waals surface area contributed by atoms with Gasteiger partial charge in [0.2, 0.25) is 0 Å². The van der Waals surface area contributed by atoms with Crippen LogP contribution < -0.4 is 10.0 Å². The largest absolute Gasteiger partial charge is 0.387 e. The molecule has 36 heavy (non-hydrogen) atoms. The minimum atomic E-state index is -4.13. The van der Waals surface area contributed by atoms with Crippen LogP contribution in [0.15, 0.2) is 53.5 Å². The first kappa shape index (κ1) is 26.4. The summed E-state index contributed by atoms with van der Waals surface area (Å²) >= 11 is 3.46. The number of carbonyl (C=O) groups is 1. The molecule has 13 heteroatoms. The van der Waals surface area contributed by atoms with Crippen LogP contribution in [0, 0.1) is 6.92 Å². The van der Waals surface area contributed by atoms with Gasteiger partial charge in [-0.2, -0.15) is 13.1 Å². The van der Waals surface area contributed by atoms with Gasteiger partial charge in [-0.05, 0) is 30.7 Å². The second kappa shape index (κ2) is 10.7. The predicted octanol–water partition coefficient (Wildman–Crippen LogP) is 2.36. The fraction of sp³-hybridized carbons (Fsp3) is 0.348. The highest BCUT2D eigenvalue weighted by molar-refractivity contribution is 9.10. The van der Waals surface area contributed by atoms with Crippen molar-refractivity contribution in [1.29, 1.82) is 0 Å². The third kappa shape index (κ3) is 5.81. The van der Waals surface area contributed by atoms with E-state index < -0.39 is 34.7 Å². The maximum absolute atomic E-state index is 14.8. The average Bonchev–Trinajstić information content (AvgIpc) is 3.33. The van der Waals surface area contributed by atoms with Crippen molar-refractivity contribution < 1.29 is 26.9 Å². The molecule has 2 heterocycles. The molecule has 0 unspecified atom stereocenters. The number of anilines is 1. The third-order valence-corrected chi connectivity index (χ3v) is 7.47. The summed E-state index contributed by atoms with van der Waals surface area (Å²) in [5.74, 6) is -0.293. The molecule has 3 N–H and O–H groups in total. The Morgan fingerprint density at radius 3 is 2.86 bits per heavy atom. The zero-order valence-electron chi connectivity index (χ0n) is 19.4. The van der Waals surface area contributed by atoms with E-state index in [2.05, 4.69) is 31.2 Å². The normalized spacial score (nSPS) is 22.0. The van der Waals surface area contributed by atoms with Crippen molar-refractivity contribution in [1.82, 2.24) is 19.3 Å². The van der Waals surface area contributed by atoms with Crippen molar-refractivity contribution in [3.8, 4) is 0 Å². The molecule has 1 aliphatic rings. The van der Waals surface area contributed by atoms with Gasteiger partial charge in [0.05, 0.1) is 11.6 Å². The van der Waals surface area contributed by atoms with E-state index in [1.165, 1.54) is 12.5 Å². The number of rotatable bonds is 9. The van der Waals surface area contributed by atoms with Crippen molar-refractivity contribution in [3.63, 3.8) is 0 Å². The Morgan fingerprint density at radius 2 is 2.14 bits per heavy atom. The Bertz CT molecular complexity index is 1370. The van der Waals surface area contributed by atoms with Crippen LogP contribution >= 0.6 is 15.9 Å². The standard InChI is InChI=1S/C23H25BrFN5O5S/c1-13-6-15(11-30(13)10-14-4-3-5-16(24)7-14)21(31)17-9-27-12-28-23(17)29-18-8-19(22(32)20(18)25)35-36(33,34)26-2/h3-7,9,11-12,18-20,22,26,32H,8,10H2,1-2H3,(H,27,28,29)/t18-,19-,20-,22-/m1/s1. The monoisotopic (exact) mass is 581 g/mol. The van der Waals surface area contributed by atoms with E-state index in [4.69, 9.17) is 4.18 Å². The van der Waals surface area contributed by atoms with Gasteiger partial charge in [0.1, 0.15) is 30.5 Å². The molecule has 1 saturated carbocycles. The van der Waals surface area contributed by atoms with E-state index in [1.54, 1.807) is 12.3 Å². The van der Waals surface area contributed by atoms with Crippen molar-refractivity contribution in [2.45, 2.75) is 44.3 Å². The zero-order valence-corrected chi connectivity index (χ0v) is 21.8. The van der Waals surface area contributed by atoms with Crippen LogP contribution in [-0.2, 0) is 21.0 Å². The Labute approximate surface area is 216 Å². The summed E-state index contributed by atoms with van der Waals surface area (Å²) in [4.78, 5) is 21.4. The minimum absolute atomic E-state index is 0.0735. The van der Waals surface area contributed by atoms with Gasteiger partial charge in [-0.1, -0.05) is 28.1 Å².